The van der Waals surface area contributed by atoms with Crippen LogP contribution >= 0.6 is 0 Å². The average molecular weight is 390 g/mol. The largest absolute Gasteiger partial charge is 0.423 e. The fourth-order valence-corrected chi connectivity index (χ4v) is 2.24. The highest BCUT2D eigenvalue weighted by atomic mass is 19.4. The Morgan fingerprint density at radius 1 is 1.07 bits per heavy atom. The molecule has 0 aliphatic rings. The predicted octanol–water partition coefficient (Wildman–Crippen LogP) is 3.43. The van der Waals surface area contributed by atoms with E-state index in [0.717, 1.165) is 12.1 Å². The molecule has 2 aromatic heterocycles. The third kappa shape index (κ3) is 4.53. The molecule has 7 nitrogen and oxygen atoms in total. The third-order valence-electron chi connectivity index (χ3n) is 3.60. The molecule has 3 rings (SSSR count). The minimum Gasteiger partial charge on any atom is -0.423 e. The number of carbonyl (C=O) groups is 2. The molecule has 0 saturated heterocycles. The molecule has 1 amide bonds. The van der Waals surface area contributed by atoms with Gasteiger partial charge in [-0.1, -0.05) is 12.1 Å². The number of aldehydes is 1. The highest BCUT2D eigenvalue weighted by molar-refractivity contribution is 5.93. The number of benzene rings is 1. The summed E-state index contributed by atoms with van der Waals surface area (Å²) in [5, 5.41) is 5.19. The first-order valence-electron chi connectivity index (χ1n) is 7.95. The van der Waals surface area contributed by atoms with Crippen LogP contribution in [0.25, 0.3) is 11.3 Å². The molecule has 0 aliphatic carbocycles. The number of pyridine rings is 1. The monoisotopic (exact) mass is 390 g/mol. The zero-order chi connectivity index (χ0) is 20.1. The van der Waals surface area contributed by atoms with Gasteiger partial charge in [-0.3, -0.25) is 4.79 Å². The second kappa shape index (κ2) is 7.91. The summed E-state index contributed by atoms with van der Waals surface area (Å²) >= 11 is 0. The van der Waals surface area contributed by atoms with Crippen LogP contribution in [0.15, 0.2) is 53.2 Å². The summed E-state index contributed by atoms with van der Waals surface area (Å²) in [5.41, 5.74) is 0.296. The second-order valence-corrected chi connectivity index (χ2v) is 5.54. The molecule has 10 heteroatoms. The van der Waals surface area contributed by atoms with Crippen molar-refractivity contribution in [2.45, 2.75) is 6.18 Å². The second-order valence-electron chi connectivity index (χ2n) is 5.54. The Morgan fingerprint density at radius 2 is 1.82 bits per heavy atom. The molecule has 0 bridgehead atoms. The summed E-state index contributed by atoms with van der Waals surface area (Å²) < 4.78 is 43.3. The predicted molar refractivity (Wildman–Crippen MR) is 92.9 cm³/mol. The third-order valence-corrected chi connectivity index (χ3v) is 3.60. The lowest BCUT2D eigenvalue weighted by atomic mass is 10.1. The zero-order valence-electron chi connectivity index (χ0n) is 14.2. The number of nitrogens with zero attached hydrogens (tertiary/aromatic N) is 2. The highest BCUT2D eigenvalue weighted by Crippen LogP contribution is 2.31. The standard InChI is InChI=1S/C18H13F3N4O3/c19-18(20,21)12-3-1-11(2-4-12)15-10-24-17(28-15)25-13-5-6-14(23-9-13)16(27)22-7-8-26/h1-6,8-10H,7H2,(H,22,27)(H,24,25). The van der Waals surface area contributed by atoms with Crippen LogP contribution in [0, 0.1) is 0 Å². The molecule has 144 valence electrons. The van der Waals surface area contributed by atoms with Gasteiger partial charge in [0, 0.05) is 5.56 Å². The van der Waals surface area contributed by atoms with Crippen molar-refractivity contribution in [2.75, 3.05) is 11.9 Å². The van der Waals surface area contributed by atoms with E-state index in [9.17, 15) is 22.8 Å². The van der Waals surface area contributed by atoms with Gasteiger partial charge in [0.15, 0.2) is 5.76 Å². The Balaban J connectivity index is 1.67. The Hall–Kier alpha value is -3.69. The summed E-state index contributed by atoms with van der Waals surface area (Å²) in [7, 11) is 0. The molecule has 2 heterocycles. The molecule has 28 heavy (non-hydrogen) atoms. The number of alkyl halides is 3. The van der Waals surface area contributed by atoms with Crippen LogP contribution in [0.3, 0.4) is 0 Å². The van der Waals surface area contributed by atoms with Crippen molar-refractivity contribution in [2.24, 2.45) is 0 Å². The van der Waals surface area contributed by atoms with Crippen LogP contribution in [0.4, 0.5) is 24.9 Å². The number of rotatable bonds is 6. The van der Waals surface area contributed by atoms with Crippen LogP contribution in [0.5, 0.6) is 0 Å². The van der Waals surface area contributed by atoms with Crippen molar-refractivity contribution >= 4 is 23.9 Å². The lowest BCUT2D eigenvalue weighted by Crippen LogP contribution is -2.25. The van der Waals surface area contributed by atoms with Crippen molar-refractivity contribution in [3.05, 3.63) is 60.0 Å². The van der Waals surface area contributed by atoms with E-state index in [1.165, 1.54) is 30.6 Å². The molecule has 0 atom stereocenters. The molecule has 0 saturated carbocycles. The van der Waals surface area contributed by atoms with Gasteiger partial charge in [-0.25, -0.2) is 9.97 Å². The molecule has 2 N–H and O–H groups in total. The van der Waals surface area contributed by atoms with Gasteiger partial charge in [0.2, 0.25) is 0 Å². The summed E-state index contributed by atoms with van der Waals surface area (Å²) in [6.07, 6.45) is -1.10. The maximum atomic E-state index is 12.6. The number of aromatic nitrogens is 2. The number of anilines is 2. The molecule has 3 aromatic rings. The number of halogens is 3. The molecule has 1 aromatic carbocycles. The normalized spacial score (nSPS) is 11.1. The zero-order valence-corrected chi connectivity index (χ0v) is 14.2. The molecular weight excluding hydrogens is 377 g/mol. The minimum atomic E-state index is -4.41. The van der Waals surface area contributed by atoms with Crippen LogP contribution in [-0.2, 0) is 11.0 Å². The fourth-order valence-electron chi connectivity index (χ4n) is 2.24. The first kappa shape index (κ1) is 19.1. The van der Waals surface area contributed by atoms with E-state index in [2.05, 4.69) is 20.6 Å². The Bertz CT molecular complexity index is 967. The van der Waals surface area contributed by atoms with E-state index < -0.39 is 17.6 Å². The SMILES string of the molecule is O=CCNC(=O)c1ccc(Nc2ncc(-c3ccc(C(F)(F)F)cc3)o2)cn1. The summed E-state index contributed by atoms with van der Waals surface area (Å²) in [4.78, 5) is 29.9. The number of nitrogens with one attached hydrogen (secondary N) is 2. The van der Waals surface area contributed by atoms with E-state index in [4.69, 9.17) is 4.42 Å². The Kier molecular flexibility index (Phi) is 5.39. The maximum Gasteiger partial charge on any atom is 0.416 e. The van der Waals surface area contributed by atoms with E-state index in [-0.39, 0.29) is 24.0 Å². The Morgan fingerprint density at radius 3 is 2.43 bits per heavy atom. The number of oxazole rings is 1. The number of carbonyl (C=O) groups excluding carboxylic acids is 2. The molecular formula is C18H13F3N4O3. The van der Waals surface area contributed by atoms with Gasteiger partial charge in [0.05, 0.1) is 30.2 Å². The summed E-state index contributed by atoms with van der Waals surface area (Å²) in [5.74, 6) is -0.201. The van der Waals surface area contributed by atoms with Gasteiger partial charge < -0.3 is 19.8 Å². The summed E-state index contributed by atoms with van der Waals surface area (Å²) in [6, 6.07) is 7.62. The molecule has 0 unspecified atom stereocenters. The van der Waals surface area contributed by atoms with Crippen molar-refractivity contribution in [1.82, 2.24) is 15.3 Å². The van der Waals surface area contributed by atoms with Crippen molar-refractivity contribution in [1.29, 1.82) is 0 Å². The van der Waals surface area contributed by atoms with Gasteiger partial charge in [-0.05, 0) is 24.3 Å². The van der Waals surface area contributed by atoms with Crippen LogP contribution in [0.1, 0.15) is 16.1 Å². The van der Waals surface area contributed by atoms with Crippen molar-refractivity contribution in [3.8, 4) is 11.3 Å². The van der Waals surface area contributed by atoms with E-state index in [1.54, 1.807) is 6.07 Å². The first-order valence-corrected chi connectivity index (χ1v) is 7.95. The number of hydrogen-bond acceptors (Lipinski definition) is 6. The van der Waals surface area contributed by atoms with Gasteiger partial charge >= 0.3 is 6.18 Å². The first-order chi connectivity index (χ1) is 13.4. The Labute approximate surface area is 156 Å². The van der Waals surface area contributed by atoms with Gasteiger partial charge in [0.25, 0.3) is 11.9 Å². The van der Waals surface area contributed by atoms with Crippen molar-refractivity contribution < 1.29 is 27.2 Å². The molecule has 0 fully saturated rings. The molecule has 0 aliphatic heterocycles. The van der Waals surface area contributed by atoms with Gasteiger partial charge in [0.1, 0.15) is 12.0 Å². The lowest BCUT2D eigenvalue weighted by molar-refractivity contribution is -0.137. The van der Waals surface area contributed by atoms with Crippen LogP contribution < -0.4 is 10.6 Å². The molecule has 0 spiro atoms. The minimum absolute atomic E-state index is 0.106. The van der Waals surface area contributed by atoms with E-state index >= 15 is 0 Å². The van der Waals surface area contributed by atoms with E-state index in [1.807, 2.05) is 0 Å². The van der Waals surface area contributed by atoms with Gasteiger partial charge in [-0.15, -0.1) is 0 Å². The maximum absolute atomic E-state index is 12.6. The van der Waals surface area contributed by atoms with Crippen molar-refractivity contribution in [3.63, 3.8) is 0 Å². The van der Waals surface area contributed by atoms with E-state index in [0.29, 0.717) is 17.5 Å². The summed E-state index contributed by atoms with van der Waals surface area (Å²) in [6.45, 7) is -0.108. The quantitative estimate of drug-likeness (QED) is 0.626. The smallest absolute Gasteiger partial charge is 0.416 e. The lowest BCUT2D eigenvalue weighted by Gasteiger charge is -2.06. The molecule has 0 radical (unpaired) electrons. The number of amides is 1. The topological polar surface area (TPSA) is 97.1 Å². The highest BCUT2D eigenvalue weighted by Gasteiger charge is 2.30. The van der Waals surface area contributed by atoms with Crippen LogP contribution in [0.2, 0.25) is 0 Å². The van der Waals surface area contributed by atoms with Crippen LogP contribution in [-0.4, -0.2) is 28.7 Å². The number of hydrogen-bond donors (Lipinski definition) is 2. The average Bonchev–Trinajstić information content (AvgIpc) is 3.14. The fraction of sp³-hybridized carbons (Fsp3) is 0.111. The van der Waals surface area contributed by atoms with Gasteiger partial charge in [-0.2, -0.15) is 13.2 Å².